The van der Waals surface area contributed by atoms with E-state index in [4.69, 9.17) is 0 Å². The Hall–Kier alpha value is -2.04. The number of rotatable bonds is 5. The lowest BCUT2D eigenvalue weighted by Gasteiger charge is -2.34. The average molecular weight is 353 g/mol. The van der Waals surface area contributed by atoms with Crippen LogP contribution in [0.4, 0.5) is 0 Å². The van der Waals surface area contributed by atoms with Crippen LogP contribution in [0.15, 0.2) is 29.6 Å². The first-order valence-corrected chi connectivity index (χ1v) is 9.60. The van der Waals surface area contributed by atoms with Crippen molar-refractivity contribution in [1.29, 1.82) is 0 Å². The van der Waals surface area contributed by atoms with E-state index in [2.05, 4.69) is 37.7 Å². The van der Waals surface area contributed by atoms with Crippen molar-refractivity contribution in [3.63, 3.8) is 0 Å². The molecule has 1 aromatic heterocycles. The molecular formula is C21H27N3O2. The quantitative estimate of drug-likeness (QED) is 0.463. The van der Waals surface area contributed by atoms with Gasteiger partial charge in [0.2, 0.25) is 11.8 Å². The van der Waals surface area contributed by atoms with Gasteiger partial charge < -0.3 is 0 Å². The molecule has 0 radical (unpaired) electrons. The molecule has 1 aliphatic heterocycles. The topological polar surface area (TPSA) is 63.2 Å². The van der Waals surface area contributed by atoms with E-state index in [0.717, 1.165) is 31.5 Å². The van der Waals surface area contributed by atoms with Crippen molar-refractivity contribution in [3.8, 4) is 0 Å². The molecule has 2 amide bonds. The van der Waals surface area contributed by atoms with Gasteiger partial charge in [-0.3, -0.25) is 14.5 Å². The molecule has 5 nitrogen and oxygen atoms in total. The van der Waals surface area contributed by atoms with Gasteiger partial charge in [0.25, 0.3) is 0 Å². The van der Waals surface area contributed by atoms with Gasteiger partial charge in [-0.2, -0.15) is 0 Å². The van der Waals surface area contributed by atoms with Crippen LogP contribution in [0.1, 0.15) is 52.8 Å². The van der Waals surface area contributed by atoms with Crippen LogP contribution in [0.5, 0.6) is 0 Å². The van der Waals surface area contributed by atoms with E-state index in [1.807, 2.05) is 0 Å². The maximum absolute atomic E-state index is 13.1. The number of aromatic nitrogens is 2. The Morgan fingerprint density at radius 1 is 1.00 bits per heavy atom. The summed E-state index contributed by atoms with van der Waals surface area (Å²) in [5, 5.41) is 0. The van der Waals surface area contributed by atoms with E-state index in [-0.39, 0.29) is 34.5 Å². The number of hydrogen-bond donors (Lipinski definition) is 0. The van der Waals surface area contributed by atoms with Crippen molar-refractivity contribution in [1.82, 2.24) is 14.9 Å². The summed E-state index contributed by atoms with van der Waals surface area (Å²) in [4.78, 5) is 36.2. The number of unbranched alkanes of at least 4 members (excludes halogenated alkanes) is 1. The Balaban J connectivity index is 1.45. The molecule has 2 aliphatic carbocycles. The fraction of sp³-hybridized carbons (Fsp3) is 0.619. The van der Waals surface area contributed by atoms with E-state index in [1.54, 1.807) is 23.4 Å². The third-order valence-corrected chi connectivity index (χ3v) is 7.43. The zero-order valence-corrected chi connectivity index (χ0v) is 16.1. The van der Waals surface area contributed by atoms with Gasteiger partial charge in [-0.15, -0.1) is 0 Å². The fourth-order valence-electron chi connectivity index (χ4n) is 5.81. The first kappa shape index (κ1) is 17.4. The molecule has 0 spiro atoms. The molecule has 0 N–H and O–H groups in total. The second kappa shape index (κ2) is 5.73. The SMILES string of the molecule is CC1=C(C)C2(C)CC1(C)C1C(=O)N(CCCCc3ncccn3)C(=O)C12. The summed E-state index contributed by atoms with van der Waals surface area (Å²) in [5.74, 6) is 0.586. The Labute approximate surface area is 154 Å². The van der Waals surface area contributed by atoms with Crippen LogP contribution in [0.2, 0.25) is 0 Å². The minimum absolute atomic E-state index is 0.0500. The Morgan fingerprint density at radius 2 is 1.54 bits per heavy atom. The molecule has 4 rings (SSSR count). The van der Waals surface area contributed by atoms with Crippen LogP contribution in [0.25, 0.3) is 0 Å². The molecule has 1 saturated carbocycles. The van der Waals surface area contributed by atoms with Gasteiger partial charge in [-0.1, -0.05) is 25.0 Å². The van der Waals surface area contributed by atoms with Crippen LogP contribution < -0.4 is 0 Å². The summed E-state index contributed by atoms with van der Waals surface area (Å²) in [6.45, 7) is 9.18. The van der Waals surface area contributed by atoms with Crippen molar-refractivity contribution in [2.24, 2.45) is 22.7 Å². The van der Waals surface area contributed by atoms with E-state index < -0.39 is 0 Å². The molecule has 2 fully saturated rings. The number of fused-ring (bicyclic) bond motifs is 5. The molecule has 2 heterocycles. The molecule has 1 saturated heterocycles. The molecule has 5 heteroatoms. The second-order valence-electron chi connectivity index (χ2n) is 8.67. The number of amides is 2. The molecule has 0 aromatic carbocycles. The van der Waals surface area contributed by atoms with Crippen molar-refractivity contribution in [2.75, 3.05) is 6.54 Å². The average Bonchev–Trinajstić information content (AvgIpc) is 3.10. The third kappa shape index (κ3) is 2.15. The maximum atomic E-state index is 13.1. The summed E-state index contributed by atoms with van der Waals surface area (Å²) >= 11 is 0. The number of carbonyl (C=O) groups is 2. The monoisotopic (exact) mass is 353 g/mol. The summed E-state index contributed by atoms with van der Waals surface area (Å²) in [6, 6.07) is 1.80. The molecule has 1 aromatic rings. The van der Waals surface area contributed by atoms with Crippen molar-refractivity contribution in [3.05, 3.63) is 35.4 Å². The van der Waals surface area contributed by atoms with Gasteiger partial charge in [0.1, 0.15) is 5.82 Å². The van der Waals surface area contributed by atoms with Gasteiger partial charge >= 0.3 is 0 Å². The number of carbonyl (C=O) groups excluding carboxylic acids is 2. The highest BCUT2D eigenvalue weighted by Gasteiger charge is 2.71. The van der Waals surface area contributed by atoms with Crippen molar-refractivity contribution >= 4 is 11.8 Å². The first-order valence-electron chi connectivity index (χ1n) is 9.60. The summed E-state index contributed by atoms with van der Waals surface area (Å²) < 4.78 is 0. The van der Waals surface area contributed by atoms with E-state index in [0.29, 0.717) is 6.54 Å². The second-order valence-corrected chi connectivity index (χ2v) is 8.67. The summed E-state index contributed by atoms with van der Waals surface area (Å²) in [5.41, 5.74) is 2.35. The number of aryl methyl sites for hydroxylation is 1. The lowest BCUT2D eigenvalue weighted by molar-refractivity contribution is -0.141. The zero-order valence-electron chi connectivity index (χ0n) is 16.1. The molecule has 2 bridgehead atoms. The molecule has 4 atom stereocenters. The molecule has 138 valence electrons. The number of nitrogens with zero attached hydrogens (tertiary/aromatic N) is 3. The minimum atomic E-state index is -0.166. The Bertz CT molecular complexity index is 761. The van der Waals surface area contributed by atoms with Crippen LogP contribution in [0.3, 0.4) is 0 Å². The highest BCUT2D eigenvalue weighted by molar-refractivity contribution is 6.07. The van der Waals surface area contributed by atoms with E-state index in [9.17, 15) is 9.59 Å². The molecule has 3 aliphatic rings. The van der Waals surface area contributed by atoms with Crippen LogP contribution in [-0.4, -0.2) is 33.2 Å². The van der Waals surface area contributed by atoms with Crippen LogP contribution >= 0.6 is 0 Å². The summed E-state index contributed by atoms with van der Waals surface area (Å²) in [6.07, 6.45) is 6.87. The van der Waals surface area contributed by atoms with Gasteiger partial charge in [0.15, 0.2) is 0 Å². The number of likely N-dealkylation sites (tertiary alicyclic amines) is 1. The smallest absolute Gasteiger partial charge is 0.234 e. The maximum Gasteiger partial charge on any atom is 0.234 e. The minimum Gasteiger partial charge on any atom is -0.282 e. The van der Waals surface area contributed by atoms with Gasteiger partial charge in [0.05, 0.1) is 11.8 Å². The Kier molecular flexibility index (Phi) is 3.83. The predicted molar refractivity (Wildman–Crippen MR) is 97.9 cm³/mol. The number of allylic oxidation sites excluding steroid dienone is 2. The highest BCUT2D eigenvalue weighted by Crippen LogP contribution is 2.71. The first-order chi connectivity index (χ1) is 12.3. The lowest BCUT2D eigenvalue weighted by atomic mass is 9.66. The van der Waals surface area contributed by atoms with Crippen LogP contribution in [0, 0.1) is 22.7 Å². The molecular weight excluding hydrogens is 326 g/mol. The van der Waals surface area contributed by atoms with Gasteiger partial charge in [0, 0.05) is 36.2 Å². The largest absolute Gasteiger partial charge is 0.282 e. The normalized spacial score (nSPS) is 35.6. The predicted octanol–water partition coefficient (Wildman–Crippen LogP) is 3.17. The van der Waals surface area contributed by atoms with Gasteiger partial charge in [-0.25, -0.2) is 9.97 Å². The number of hydrogen-bond acceptors (Lipinski definition) is 4. The van der Waals surface area contributed by atoms with Crippen molar-refractivity contribution in [2.45, 2.75) is 53.4 Å². The lowest BCUT2D eigenvalue weighted by Crippen LogP contribution is -2.36. The fourth-order valence-corrected chi connectivity index (χ4v) is 5.81. The van der Waals surface area contributed by atoms with E-state index in [1.165, 1.54) is 11.1 Å². The Morgan fingerprint density at radius 3 is 2.08 bits per heavy atom. The standard InChI is InChI=1S/C21H27N3O2/c1-13-14(2)21(4)12-20(13,3)16-17(21)19(26)24(18(16)25)11-6-5-8-15-22-9-7-10-23-15/h7,9-10,16-17H,5-6,8,11-12H2,1-4H3. The van der Waals surface area contributed by atoms with Gasteiger partial charge in [-0.05, 0) is 39.2 Å². The van der Waals surface area contributed by atoms with Crippen LogP contribution in [-0.2, 0) is 16.0 Å². The zero-order chi connectivity index (χ0) is 18.7. The van der Waals surface area contributed by atoms with E-state index >= 15 is 0 Å². The third-order valence-electron chi connectivity index (χ3n) is 7.43. The summed E-state index contributed by atoms with van der Waals surface area (Å²) in [7, 11) is 0. The molecule has 4 unspecified atom stereocenters. The van der Waals surface area contributed by atoms with Crippen molar-refractivity contribution < 1.29 is 9.59 Å². The highest BCUT2D eigenvalue weighted by atomic mass is 16.2. The molecule has 26 heavy (non-hydrogen) atoms. The number of imide groups is 1.